The summed E-state index contributed by atoms with van der Waals surface area (Å²) in [7, 11) is 0. The molecule has 0 spiro atoms. The highest BCUT2D eigenvalue weighted by Gasteiger charge is 2.26. The van der Waals surface area contributed by atoms with Gasteiger partial charge in [-0.25, -0.2) is 4.79 Å². The number of anilines is 1. The largest absolute Gasteiger partial charge is 0.329 e. The SMILES string of the molecule is CCC(C)(NC(=O)Nc1ccc(C(C)=O)cc1)c1ccccc1. The number of ketones is 1. The van der Waals surface area contributed by atoms with Crippen LogP contribution in [0, 0.1) is 0 Å². The molecule has 0 fully saturated rings. The Morgan fingerprint density at radius 1 is 1.00 bits per heavy atom. The summed E-state index contributed by atoms with van der Waals surface area (Å²) in [4.78, 5) is 23.6. The number of urea groups is 1. The van der Waals surface area contributed by atoms with Crippen LogP contribution in [-0.4, -0.2) is 11.8 Å². The minimum absolute atomic E-state index is 0.00337. The smallest absolute Gasteiger partial charge is 0.319 e. The van der Waals surface area contributed by atoms with Gasteiger partial charge in [0.15, 0.2) is 5.78 Å². The summed E-state index contributed by atoms with van der Waals surface area (Å²) in [5, 5.41) is 5.83. The minimum atomic E-state index is -0.440. The summed E-state index contributed by atoms with van der Waals surface area (Å²) < 4.78 is 0. The fourth-order valence-corrected chi connectivity index (χ4v) is 2.37. The molecule has 0 aliphatic heterocycles. The summed E-state index contributed by atoms with van der Waals surface area (Å²) in [6.45, 7) is 5.55. The maximum absolute atomic E-state index is 12.3. The Labute approximate surface area is 136 Å². The molecule has 2 aromatic rings. The van der Waals surface area contributed by atoms with Crippen LogP contribution in [0.5, 0.6) is 0 Å². The Morgan fingerprint density at radius 3 is 2.13 bits per heavy atom. The number of hydrogen-bond donors (Lipinski definition) is 2. The molecule has 0 bridgehead atoms. The van der Waals surface area contributed by atoms with E-state index in [2.05, 4.69) is 10.6 Å². The Morgan fingerprint density at radius 2 is 1.61 bits per heavy atom. The lowest BCUT2D eigenvalue weighted by molar-refractivity contribution is 0.101. The molecule has 0 saturated carbocycles. The van der Waals surface area contributed by atoms with Gasteiger partial charge >= 0.3 is 6.03 Å². The van der Waals surface area contributed by atoms with Crippen LogP contribution in [0.2, 0.25) is 0 Å². The van der Waals surface area contributed by atoms with Crippen LogP contribution < -0.4 is 10.6 Å². The second kappa shape index (κ2) is 7.09. The molecule has 2 amide bonds. The first kappa shape index (κ1) is 16.7. The van der Waals surface area contributed by atoms with Gasteiger partial charge in [0.1, 0.15) is 0 Å². The van der Waals surface area contributed by atoms with Crippen molar-refractivity contribution < 1.29 is 9.59 Å². The molecule has 1 atom stereocenters. The van der Waals surface area contributed by atoms with Crippen LogP contribution in [0.3, 0.4) is 0 Å². The van der Waals surface area contributed by atoms with Gasteiger partial charge in [-0.3, -0.25) is 4.79 Å². The number of benzene rings is 2. The van der Waals surface area contributed by atoms with Gasteiger partial charge in [0, 0.05) is 11.3 Å². The maximum atomic E-state index is 12.3. The number of carbonyl (C=O) groups is 2. The average molecular weight is 310 g/mol. The third-order valence-electron chi connectivity index (χ3n) is 4.06. The summed E-state index contributed by atoms with van der Waals surface area (Å²) in [5.41, 5.74) is 1.90. The number of Topliss-reactive ketones (excluding diaryl/α,β-unsaturated/α-hetero) is 1. The van der Waals surface area contributed by atoms with Gasteiger partial charge in [-0.15, -0.1) is 0 Å². The van der Waals surface area contributed by atoms with Crippen LogP contribution >= 0.6 is 0 Å². The van der Waals surface area contributed by atoms with Gasteiger partial charge in [0.05, 0.1) is 5.54 Å². The van der Waals surface area contributed by atoms with Gasteiger partial charge in [0.25, 0.3) is 0 Å². The highest BCUT2D eigenvalue weighted by molar-refractivity contribution is 5.95. The molecule has 2 aromatic carbocycles. The summed E-state index contributed by atoms with van der Waals surface area (Å²) in [5.74, 6) is 0.00337. The second-order valence-electron chi connectivity index (χ2n) is 5.76. The lowest BCUT2D eigenvalue weighted by Crippen LogP contribution is -2.45. The van der Waals surface area contributed by atoms with Crippen molar-refractivity contribution in [2.45, 2.75) is 32.7 Å². The van der Waals surface area contributed by atoms with E-state index in [0.717, 1.165) is 12.0 Å². The molecule has 0 aliphatic rings. The van der Waals surface area contributed by atoms with Gasteiger partial charge in [-0.05, 0) is 50.1 Å². The van der Waals surface area contributed by atoms with E-state index in [9.17, 15) is 9.59 Å². The first-order valence-electron chi connectivity index (χ1n) is 7.70. The molecular weight excluding hydrogens is 288 g/mol. The summed E-state index contributed by atoms with van der Waals surface area (Å²) in [6.07, 6.45) is 0.772. The zero-order chi connectivity index (χ0) is 16.9. The lowest BCUT2D eigenvalue weighted by atomic mass is 9.89. The van der Waals surface area contributed by atoms with Crippen molar-refractivity contribution in [3.8, 4) is 0 Å². The number of rotatable bonds is 5. The highest BCUT2D eigenvalue weighted by atomic mass is 16.2. The van der Waals surface area contributed by atoms with Crippen molar-refractivity contribution in [2.75, 3.05) is 5.32 Å². The van der Waals surface area contributed by atoms with Crippen LogP contribution in [0.15, 0.2) is 54.6 Å². The molecule has 0 aromatic heterocycles. The quantitative estimate of drug-likeness (QED) is 0.807. The second-order valence-corrected chi connectivity index (χ2v) is 5.76. The van der Waals surface area contributed by atoms with Crippen LogP contribution in [0.1, 0.15) is 43.1 Å². The molecule has 0 saturated heterocycles. The van der Waals surface area contributed by atoms with E-state index < -0.39 is 5.54 Å². The van der Waals surface area contributed by atoms with E-state index in [1.165, 1.54) is 6.92 Å². The molecule has 4 nitrogen and oxygen atoms in total. The van der Waals surface area contributed by atoms with Crippen molar-refractivity contribution in [1.82, 2.24) is 5.32 Å². The molecule has 2 N–H and O–H groups in total. The number of nitrogens with one attached hydrogen (secondary N) is 2. The number of hydrogen-bond acceptors (Lipinski definition) is 2. The highest BCUT2D eigenvalue weighted by Crippen LogP contribution is 2.24. The number of carbonyl (C=O) groups excluding carboxylic acids is 2. The Kier molecular flexibility index (Phi) is 5.16. The monoisotopic (exact) mass is 310 g/mol. The van der Waals surface area contributed by atoms with E-state index in [0.29, 0.717) is 11.3 Å². The number of amides is 2. The van der Waals surface area contributed by atoms with E-state index in [1.54, 1.807) is 24.3 Å². The molecule has 4 heteroatoms. The Bertz CT molecular complexity index is 680. The predicted octanol–water partition coefficient (Wildman–Crippen LogP) is 4.34. The van der Waals surface area contributed by atoms with Crippen LogP contribution in [0.25, 0.3) is 0 Å². The molecule has 0 heterocycles. The topological polar surface area (TPSA) is 58.2 Å². The predicted molar refractivity (Wildman–Crippen MR) is 92.7 cm³/mol. The summed E-state index contributed by atoms with van der Waals surface area (Å²) >= 11 is 0. The van der Waals surface area contributed by atoms with Gasteiger partial charge in [-0.1, -0.05) is 37.3 Å². The Balaban J connectivity index is 2.07. The fourth-order valence-electron chi connectivity index (χ4n) is 2.37. The van der Waals surface area contributed by atoms with Crippen LogP contribution in [-0.2, 0) is 5.54 Å². The normalized spacial score (nSPS) is 13.0. The van der Waals surface area contributed by atoms with E-state index in [4.69, 9.17) is 0 Å². The summed E-state index contributed by atoms with van der Waals surface area (Å²) in [6, 6.07) is 16.5. The molecule has 23 heavy (non-hydrogen) atoms. The molecular formula is C19H22N2O2. The maximum Gasteiger partial charge on any atom is 0.319 e. The van der Waals surface area contributed by atoms with Gasteiger partial charge < -0.3 is 10.6 Å². The average Bonchev–Trinajstić information content (AvgIpc) is 2.56. The lowest BCUT2D eigenvalue weighted by Gasteiger charge is -2.30. The van der Waals surface area contributed by atoms with Crippen molar-refractivity contribution >= 4 is 17.5 Å². The molecule has 120 valence electrons. The molecule has 0 radical (unpaired) electrons. The molecule has 0 aliphatic carbocycles. The first-order chi connectivity index (χ1) is 10.9. The van der Waals surface area contributed by atoms with Crippen molar-refractivity contribution in [3.05, 3.63) is 65.7 Å². The minimum Gasteiger partial charge on any atom is -0.329 e. The Hall–Kier alpha value is -2.62. The zero-order valence-electron chi connectivity index (χ0n) is 13.7. The van der Waals surface area contributed by atoms with Gasteiger partial charge in [-0.2, -0.15) is 0 Å². The van der Waals surface area contributed by atoms with E-state index >= 15 is 0 Å². The van der Waals surface area contributed by atoms with E-state index in [1.807, 2.05) is 44.2 Å². The van der Waals surface area contributed by atoms with Crippen LogP contribution in [0.4, 0.5) is 10.5 Å². The fraction of sp³-hybridized carbons (Fsp3) is 0.263. The van der Waals surface area contributed by atoms with E-state index in [-0.39, 0.29) is 11.8 Å². The first-order valence-corrected chi connectivity index (χ1v) is 7.70. The standard InChI is InChI=1S/C19H22N2O2/c1-4-19(3,16-8-6-5-7-9-16)21-18(23)20-17-12-10-15(11-13-17)14(2)22/h5-13H,4H2,1-3H3,(H2,20,21,23). The third kappa shape index (κ3) is 4.19. The van der Waals surface area contributed by atoms with Crippen molar-refractivity contribution in [1.29, 1.82) is 0 Å². The van der Waals surface area contributed by atoms with Crippen molar-refractivity contribution in [3.63, 3.8) is 0 Å². The van der Waals surface area contributed by atoms with Gasteiger partial charge in [0.2, 0.25) is 0 Å². The molecule has 1 unspecified atom stereocenters. The zero-order valence-corrected chi connectivity index (χ0v) is 13.7. The third-order valence-corrected chi connectivity index (χ3v) is 4.06. The van der Waals surface area contributed by atoms with Crippen molar-refractivity contribution in [2.24, 2.45) is 0 Å². The molecule has 2 rings (SSSR count).